The topological polar surface area (TPSA) is 79.2 Å². The molecule has 0 unspecified atom stereocenters. The van der Waals surface area contributed by atoms with Crippen LogP contribution in [0.2, 0.25) is 0 Å². The van der Waals surface area contributed by atoms with E-state index in [1.807, 2.05) is 37.3 Å². The molecule has 0 radical (unpaired) electrons. The van der Waals surface area contributed by atoms with Crippen LogP contribution >= 0.6 is 0 Å². The molecule has 8 heteroatoms. The van der Waals surface area contributed by atoms with E-state index in [1.165, 1.54) is 5.69 Å². The first-order chi connectivity index (χ1) is 15.7. The number of carbonyl (C=O) groups excluding carboxylic acids is 1. The number of nitrogens with one attached hydrogen (secondary N) is 1. The number of nitrogens with zero attached hydrogens (tertiary/aromatic N) is 6. The molecule has 1 fully saturated rings. The Morgan fingerprint density at radius 1 is 0.938 bits per heavy atom. The molecule has 0 atom stereocenters. The minimum atomic E-state index is -0.143. The molecule has 5 rings (SSSR count). The standard InChI is InChI=1S/C24H25N7O/c1-18-7-9-19(10-8-18)28-22(32)16-31-24-21(15-27-31)23(25-17-26-24)30-13-11-29(12-14-30)20-5-3-2-4-6-20/h2-10,15,17H,11-14,16H2,1H3,(H,28,32). The smallest absolute Gasteiger partial charge is 0.246 e. The second-order valence-electron chi connectivity index (χ2n) is 7.96. The molecule has 4 aromatic rings. The lowest BCUT2D eigenvalue weighted by atomic mass is 10.2. The highest BCUT2D eigenvalue weighted by atomic mass is 16.2. The van der Waals surface area contributed by atoms with Gasteiger partial charge in [-0.15, -0.1) is 0 Å². The van der Waals surface area contributed by atoms with Crippen LogP contribution in [0.25, 0.3) is 11.0 Å². The van der Waals surface area contributed by atoms with Crippen LogP contribution in [0.1, 0.15) is 5.56 Å². The van der Waals surface area contributed by atoms with Crippen LogP contribution < -0.4 is 15.1 Å². The van der Waals surface area contributed by atoms with E-state index in [-0.39, 0.29) is 12.5 Å². The summed E-state index contributed by atoms with van der Waals surface area (Å²) in [6.45, 7) is 5.67. The summed E-state index contributed by atoms with van der Waals surface area (Å²) in [5, 5.41) is 8.20. The van der Waals surface area contributed by atoms with Crippen molar-refractivity contribution < 1.29 is 4.79 Å². The third-order valence-electron chi connectivity index (χ3n) is 5.74. The average Bonchev–Trinajstić information content (AvgIpc) is 3.24. The van der Waals surface area contributed by atoms with Gasteiger partial charge in [-0.05, 0) is 31.2 Å². The second-order valence-corrected chi connectivity index (χ2v) is 7.96. The highest BCUT2D eigenvalue weighted by molar-refractivity contribution is 5.92. The Bertz CT molecular complexity index is 1210. The predicted octanol–water partition coefficient (Wildman–Crippen LogP) is 3.10. The first kappa shape index (κ1) is 20.0. The fraction of sp³-hybridized carbons (Fsp3) is 0.250. The lowest BCUT2D eigenvalue weighted by molar-refractivity contribution is -0.116. The van der Waals surface area contributed by atoms with E-state index in [4.69, 9.17) is 0 Å². The highest BCUT2D eigenvalue weighted by Crippen LogP contribution is 2.25. The van der Waals surface area contributed by atoms with Crippen LogP contribution in [0.15, 0.2) is 67.1 Å². The molecule has 0 spiro atoms. The monoisotopic (exact) mass is 427 g/mol. The van der Waals surface area contributed by atoms with Crippen molar-refractivity contribution in [2.24, 2.45) is 0 Å². The third-order valence-corrected chi connectivity index (χ3v) is 5.74. The number of benzene rings is 2. The molecule has 1 aliphatic heterocycles. The molecule has 1 saturated heterocycles. The fourth-order valence-corrected chi connectivity index (χ4v) is 4.04. The fourth-order valence-electron chi connectivity index (χ4n) is 4.04. The summed E-state index contributed by atoms with van der Waals surface area (Å²) < 4.78 is 1.63. The summed E-state index contributed by atoms with van der Waals surface area (Å²) in [5.41, 5.74) is 3.82. The minimum absolute atomic E-state index is 0.0929. The van der Waals surface area contributed by atoms with Gasteiger partial charge >= 0.3 is 0 Å². The molecule has 0 saturated carbocycles. The first-order valence-electron chi connectivity index (χ1n) is 10.8. The van der Waals surface area contributed by atoms with Gasteiger partial charge in [0.05, 0.1) is 11.6 Å². The number of aryl methyl sites for hydroxylation is 1. The largest absolute Gasteiger partial charge is 0.368 e. The van der Waals surface area contributed by atoms with E-state index in [9.17, 15) is 4.79 Å². The number of rotatable bonds is 5. The molecule has 0 aliphatic carbocycles. The second kappa shape index (κ2) is 8.66. The lowest BCUT2D eigenvalue weighted by Gasteiger charge is -2.36. The molecule has 1 amide bonds. The average molecular weight is 428 g/mol. The van der Waals surface area contributed by atoms with Crippen LogP contribution in [0.4, 0.5) is 17.2 Å². The van der Waals surface area contributed by atoms with Crippen molar-refractivity contribution in [2.45, 2.75) is 13.5 Å². The van der Waals surface area contributed by atoms with Crippen LogP contribution in [0, 0.1) is 6.92 Å². The minimum Gasteiger partial charge on any atom is -0.368 e. The van der Waals surface area contributed by atoms with Gasteiger partial charge in [0.25, 0.3) is 0 Å². The Labute approximate surface area is 186 Å². The number of carbonyl (C=O) groups is 1. The van der Waals surface area contributed by atoms with Crippen molar-refractivity contribution in [1.82, 2.24) is 19.7 Å². The van der Waals surface area contributed by atoms with Crippen LogP contribution in [0.5, 0.6) is 0 Å². The number of anilines is 3. The number of fused-ring (bicyclic) bond motifs is 1. The van der Waals surface area contributed by atoms with Gasteiger partial charge in [0.1, 0.15) is 18.7 Å². The maximum Gasteiger partial charge on any atom is 0.246 e. The maximum absolute atomic E-state index is 12.5. The molecule has 3 heterocycles. The highest BCUT2D eigenvalue weighted by Gasteiger charge is 2.22. The van der Waals surface area contributed by atoms with Gasteiger partial charge in [-0.1, -0.05) is 35.9 Å². The summed E-state index contributed by atoms with van der Waals surface area (Å²) in [4.78, 5) is 26.1. The zero-order valence-electron chi connectivity index (χ0n) is 18.0. The van der Waals surface area contributed by atoms with Gasteiger partial charge in [0, 0.05) is 37.6 Å². The van der Waals surface area contributed by atoms with Gasteiger partial charge in [0.15, 0.2) is 5.65 Å². The Hall–Kier alpha value is -3.94. The Morgan fingerprint density at radius 2 is 1.66 bits per heavy atom. The van der Waals surface area contributed by atoms with Crippen molar-refractivity contribution in [2.75, 3.05) is 41.3 Å². The van der Waals surface area contributed by atoms with Crippen LogP contribution in [0.3, 0.4) is 0 Å². The van der Waals surface area contributed by atoms with E-state index in [1.54, 1.807) is 17.2 Å². The number of amides is 1. The van der Waals surface area contributed by atoms with Crippen LogP contribution in [-0.4, -0.2) is 51.8 Å². The van der Waals surface area contributed by atoms with E-state index in [2.05, 4.69) is 54.4 Å². The molecular weight excluding hydrogens is 402 g/mol. The number of hydrogen-bond acceptors (Lipinski definition) is 6. The van der Waals surface area contributed by atoms with E-state index >= 15 is 0 Å². The van der Waals surface area contributed by atoms with Crippen molar-refractivity contribution in [3.63, 3.8) is 0 Å². The molecular formula is C24H25N7O. The van der Waals surface area contributed by atoms with Crippen LogP contribution in [-0.2, 0) is 11.3 Å². The van der Waals surface area contributed by atoms with Crippen molar-refractivity contribution >= 4 is 34.1 Å². The van der Waals surface area contributed by atoms with Gasteiger partial charge in [-0.25, -0.2) is 14.6 Å². The SMILES string of the molecule is Cc1ccc(NC(=O)Cn2ncc3c(N4CCN(c5ccccc5)CC4)ncnc32)cc1. The zero-order valence-corrected chi connectivity index (χ0v) is 18.0. The number of aromatic nitrogens is 4. The Kier molecular flexibility index (Phi) is 5.41. The molecule has 0 bridgehead atoms. The normalized spacial score (nSPS) is 14.0. The number of para-hydroxylation sites is 1. The van der Waals surface area contributed by atoms with Gasteiger partial charge < -0.3 is 15.1 Å². The third kappa shape index (κ3) is 4.12. The summed E-state index contributed by atoms with van der Waals surface area (Å²) in [5.74, 6) is 0.725. The molecule has 8 nitrogen and oxygen atoms in total. The van der Waals surface area contributed by atoms with E-state index < -0.39 is 0 Å². The number of hydrogen-bond donors (Lipinski definition) is 1. The molecule has 1 N–H and O–H groups in total. The lowest BCUT2D eigenvalue weighted by Crippen LogP contribution is -2.46. The molecule has 162 valence electrons. The van der Waals surface area contributed by atoms with Crippen molar-refractivity contribution in [3.8, 4) is 0 Å². The van der Waals surface area contributed by atoms with E-state index in [0.717, 1.165) is 48.6 Å². The van der Waals surface area contributed by atoms with Gasteiger partial charge in [-0.2, -0.15) is 5.10 Å². The predicted molar refractivity (Wildman–Crippen MR) is 126 cm³/mol. The van der Waals surface area contributed by atoms with Crippen molar-refractivity contribution in [1.29, 1.82) is 0 Å². The zero-order chi connectivity index (χ0) is 21.9. The molecule has 2 aromatic carbocycles. The summed E-state index contributed by atoms with van der Waals surface area (Å²) in [6.07, 6.45) is 3.31. The molecule has 2 aromatic heterocycles. The maximum atomic E-state index is 12.5. The Morgan fingerprint density at radius 3 is 2.41 bits per heavy atom. The molecule has 32 heavy (non-hydrogen) atoms. The summed E-state index contributed by atoms with van der Waals surface area (Å²) in [7, 11) is 0. The van der Waals surface area contributed by atoms with Crippen molar-refractivity contribution in [3.05, 3.63) is 72.7 Å². The quantitative estimate of drug-likeness (QED) is 0.527. The van der Waals surface area contributed by atoms with E-state index in [0.29, 0.717) is 5.65 Å². The summed E-state index contributed by atoms with van der Waals surface area (Å²) in [6, 6.07) is 18.2. The summed E-state index contributed by atoms with van der Waals surface area (Å²) >= 11 is 0. The van der Waals surface area contributed by atoms with Gasteiger partial charge in [-0.3, -0.25) is 4.79 Å². The van der Waals surface area contributed by atoms with Gasteiger partial charge in [0.2, 0.25) is 5.91 Å². The molecule has 1 aliphatic rings. The number of piperazine rings is 1. The Balaban J connectivity index is 1.29. The first-order valence-corrected chi connectivity index (χ1v) is 10.8.